The maximum absolute atomic E-state index is 4.21. The Morgan fingerprint density at radius 3 is 2.60 bits per heavy atom. The molecule has 3 aromatic rings. The van der Waals surface area contributed by atoms with E-state index in [9.17, 15) is 0 Å². The average molecular weight is 268 g/mol. The predicted molar refractivity (Wildman–Crippen MR) is 84.8 cm³/mol. The predicted octanol–water partition coefficient (Wildman–Crippen LogP) is 4.08. The molecular formula is C16H20N4. The molecule has 0 saturated carbocycles. The zero-order valence-electron chi connectivity index (χ0n) is 12.1. The first-order valence-corrected chi connectivity index (χ1v) is 6.85. The van der Waals surface area contributed by atoms with E-state index < -0.39 is 0 Å². The van der Waals surface area contributed by atoms with Crippen LogP contribution in [0.2, 0.25) is 0 Å². The first kappa shape index (κ1) is 14.1. The lowest BCUT2D eigenvalue weighted by Gasteiger charge is -2.04. The number of fused-ring (bicyclic) bond motifs is 1. The Hall–Kier alpha value is -2.36. The number of H-pyrrole nitrogens is 1. The summed E-state index contributed by atoms with van der Waals surface area (Å²) < 4.78 is 0. The fourth-order valence-corrected chi connectivity index (χ4v) is 1.87. The minimum Gasteiger partial charge on any atom is -0.373 e. The van der Waals surface area contributed by atoms with Gasteiger partial charge in [0.15, 0.2) is 0 Å². The van der Waals surface area contributed by atoms with Crippen LogP contribution in [0.5, 0.6) is 0 Å². The second-order valence-corrected chi connectivity index (χ2v) is 4.56. The average Bonchev–Trinajstić information content (AvgIpc) is 2.95. The van der Waals surface area contributed by atoms with Gasteiger partial charge in [0.1, 0.15) is 5.82 Å². The van der Waals surface area contributed by atoms with Crippen LogP contribution in [-0.4, -0.2) is 22.2 Å². The van der Waals surface area contributed by atoms with Crippen molar-refractivity contribution in [1.82, 2.24) is 15.2 Å². The molecule has 0 unspecified atom stereocenters. The number of nitrogens with one attached hydrogen (secondary N) is 2. The molecule has 4 nitrogen and oxygen atoms in total. The highest BCUT2D eigenvalue weighted by Crippen LogP contribution is 2.24. The van der Waals surface area contributed by atoms with E-state index >= 15 is 0 Å². The van der Waals surface area contributed by atoms with Gasteiger partial charge in [0, 0.05) is 18.6 Å². The molecule has 0 aliphatic rings. The quantitative estimate of drug-likeness (QED) is 0.736. The van der Waals surface area contributed by atoms with Crippen LogP contribution in [0.15, 0.2) is 42.7 Å². The van der Waals surface area contributed by atoms with Crippen molar-refractivity contribution in [3.05, 3.63) is 42.7 Å². The van der Waals surface area contributed by atoms with E-state index in [0.717, 1.165) is 27.8 Å². The highest BCUT2D eigenvalue weighted by Gasteiger charge is 2.02. The van der Waals surface area contributed by atoms with Crippen molar-refractivity contribution in [3.63, 3.8) is 0 Å². The summed E-state index contributed by atoms with van der Waals surface area (Å²) in [5.41, 5.74) is 3.36. The van der Waals surface area contributed by atoms with Gasteiger partial charge in [-0.3, -0.25) is 5.10 Å². The van der Waals surface area contributed by atoms with Crippen LogP contribution in [-0.2, 0) is 0 Å². The summed E-state index contributed by atoms with van der Waals surface area (Å²) >= 11 is 0. The normalized spacial score (nSPS) is 9.95. The Kier molecular flexibility index (Phi) is 4.71. The number of hydrogen-bond acceptors (Lipinski definition) is 3. The van der Waals surface area contributed by atoms with Crippen molar-refractivity contribution in [2.75, 3.05) is 12.4 Å². The van der Waals surface area contributed by atoms with Gasteiger partial charge in [-0.15, -0.1) is 0 Å². The van der Waals surface area contributed by atoms with Gasteiger partial charge in [0.05, 0.1) is 11.7 Å². The van der Waals surface area contributed by atoms with E-state index in [1.54, 1.807) is 6.20 Å². The first-order chi connectivity index (χ1) is 9.78. The highest BCUT2D eigenvalue weighted by atomic mass is 15.1. The maximum atomic E-state index is 4.21. The number of anilines is 1. The topological polar surface area (TPSA) is 53.6 Å². The van der Waals surface area contributed by atoms with Crippen LogP contribution in [0.25, 0.3) is 22.0 Å². The third-order valence-electron chi connectivity index (χ3n) is 2.79. The summed E-state index contributed by atoms with van der Waals surface area (Å²) in [6.07, 6.45) is 4.89. The summed E-state index contributed by atoms with van der Waals surface area (Å²) in [5.74, 6) is 0.870. The fraction of sp³-hybridized carbons (Fsp3) is 0.250. The second kappa shape index (κ2) is 6.70. The highest BCUT2D eigenvalue weighted by molar-refractivity contribution is 5.84. The van der Waals surface area contributed by atoms with Crippen molar-refractivity contribution in [1.29, 1.82) is 0 Å². The number of nitrogens with zero attached hydrogens (tertiary/aromatic N) is 2. The van der Waals surface area contributed by atoms with Crippen molar-refractivity contribution in [2.45, 2.75) is 20.3 Å². The molecule has 0 atom stereocenters. The molecule has 0 amide bonds. The Bertz CT molecular complexity index is 673. The minimum atomic E-state index is 0.870. The molecule has 0 fully saturated rings. The smallest absolute Gasteiger partial charge is 0.126 e. The molecule has 0 radical (unpaired) electrons. The molecular weight excluding hydrogens is 248 g/mol. The molecule has 1 aromatic carbocycles. The Morgan fingerprint density at radius 2 is 1.85 bits per heavy atom. The van der Waals surface area contributed by atoms with Crippen LogP contribution in [0.4, 0.5) is 5.82 Å². The van der Waals surface area contributed by atoms with Crippen LogP contribution >= 0.6 is 0 Å². The van der Waals surface area contributed by atoms with E-state index in [1.165, 1.54) is 6.42 Å². The van der Waals surface area contributed by atoms with Gasteiger partial charge in [0.25, 0.3) is 0 Å². The SMILES string of the molecule is CCC.CNc1cc(-c2ccc3[nH]ncc3c2)ccn1. The summed E-state index contributed by atoms with van der Waals surface area (Å²) in [6.45, 7) is 4.25. The summed E-state index contributed by atoms with van der Waals surface area (Å²) in [6, 6.07) is 10.3. The number of pyridine rings is 1. The molecule has 104 valence electrons. The third-order valence-corrected chi connectivity index (χ3v) is 2.79. The Morgan fingerprint density at radius 1 is 1.10 bits per heavy atom. The van der Waals surface area contributed by atoms with Crippen LogP contribution in [0, 0.1) is 0 Å². The molecule has 2 N–H and O–H groups in total. The minimum absolute atomic E-state index is 0.870. The van der Waals surface area contributed by atoms with Crippen LogP contribution in [0.3, 0.4) is 0 Å². The van der Waals surface area contributed by atoms with Gasteiger partial charge in [0.2, 0.25) is 0 Å². The van der Waals surface area contributed by atoms with Crippen molar-refractivity contribution >= 4 is 16.7 Å². The van der Waals surface area contributed by atoms with Gasteiger partial charge < -0.3 is 5.32 Å². The van der Waals surface area contributed by atoms with Crippen molar-refractivity contribution < 1.29 is 0 Å². The van der Waals surface area contributed by atoms with Gasteiger partial charge in [-0.05, 0) is 35.4 Å². The number of aromatic amines is 1. The number of aromatic nitrogens is 3. The molecule has 2 heterocycles. The van der Waals surface area contributed by atoms with Gasteiger partial charge in [-0.25, -0.2) is 4.98 Å². The molecule has 2 aromatic heterocycles. The lowest BCUT2D eigenvalue weighted by atomic mass is 10.1. The van der Waals surface area contributed by atoms with E-state index in [4.69, 9.17) is 0 Å². The molecule has 0 saturated heterocycles. The number of benzene rings is 1. The van der Waals surface area contributed by atoms with E-state index in [0.29, 0.717) is 0 Å². The van der Waals surface area contributed by atoms with E-state index in [-0.39, 0.29) is 0 Å². The number of rotatable bonds is 2. The molecule has 0 spiro atoms. The molecule has 3 rings (SSSR count). The second-order valence-electron chi connectivity index (χ2n) is 4.56. The third kappa shape index (κ3) is 3.15. The Labute approximate surface area is 119 Å². The van der Waals surface area contributed by atoms with Gasteiger partial charge in [-0.1, -0.05) is 26.3 Å². The van der Waals surface area contributed by atoms with Crippen molar-refractivity contribution in [2.24, 2.45) is 0 Å². The van der Waals surface area contributed by atoms with Gasteiger partial charge >= 0.3 is 0 Å². The van der Waals surface area contributed by atoms with E-state index in [2.05, 4.69) is 46.5 Å². The maximum Gasteiger partial charge on any atom is 0.126 e. The number of hydrogen-bond donors (Lipinski definition) is 2. The zero-order chi connectivity index (χ0) is 14.4. The van der Waals surface area contributed by atoms with E-state index in [1.807, 2.05) is 31.4 Å². The molecule has 20 heavy (non-hydrogen) atoms. The molecule has 0 aliphatic heterocycles. The molecule has 4 heteroatoms. The van der Waals surface area contributed by atoms with Crippen LogP contribution < -0.4 is 5.32 Å². The fourth-order valence-electron chi connectivity index (χ4n) is 1.87. The molecule has 0 bridgehead atoms. The lowest BCUT2D eigenvalue weighted by molar-refractivity contribution is 1.09. The first-order valence-electron chi connectivity index (χ1n) is 6.85. The molecule has 0 aliphatic carbocycles. The summed E-state index contributed by atoms with van der Waals surface area (Å²) in [5, 5.41) is 11.1. The summed E-state index contributed by atoms with van der Waals surface area (Å²) in [4.78, 5) is 4.21. The Balaban J connectivity index is 0.000000452. The summed E-state index contributed by atoms with van der Waals surface area (Å²) in [7, 11) is 1.87. The standard InChI is InChI=1S/C13H12N4.C3H8/c1-14-13-7-10(4-5-15-13)9-2-3-12-11(6-9)8-16-17-12;1-3-2/h2-8H,1H3,(H,14,15)(H,16,17);3H2,1-2H3. The van der Waals surface area contributed by atoms with Crippen molar-refractivity contribution in [3.8, 4) is 11.1 Å². The lowest BCUT2D eigenvalue weighted by Crippen LogP contribution is -1.91. The van der Waals surface area contributed by atoms with Crippen LogP contribution in [0.1, 0.15) is 20.3 Å². The monoisotopic (exact) mass is 268 g/mol. The zero-order valence-corrected chi connectivity index (χ0v) is 12.1. The largest absolute Gasteiger partial charge is 0.373 e. The van der Waals surface area contributed by atoms with Gasteiger partial charge in [-0.2, -0.15) is 5.10 Å².